The van der Waals surface area contributed by atoms with Gasteiger partial charge in [-0.2, -0.15) is 0 Å². The lowest BCUT2D eigenvalue weighted by Crippen LogP contribution is -2.42. The minimum atomic E-state index is 0.0101. The molecule has 23 heavy (non-hydrogen) atoms. The van der Waals surface area contributed by atoms with Gasteiger partial charge in [0.1, 0.15) is 11.5 Å². The zero-order chi connectivity index (χ0) is 16.4. The molecule has 1 amide bonds. The van der Waals surface area contributed by atoms with Crippen molar-refractivity contribution in [2.75, 3.05) is 26.1 Å². The van der Waals surface area contributed by atoms with Crippen LogP contribution in [0, 0.1) is 5.92 Å². The molecule has 0 aliphatic heterocycles. The lowest BCUT2D eigenvalue weighted by molar-refractivity contribution is -0.118. The van der Waals surface area contributed by atoms with E-state index in [1.807, 2.05) is 6.07 Å². The Morgan fingerprint density at radius 1 is 1.26 bits per heavy atom. The van der Waals surface area contributed by atoms with Crippen LogP contribution in [-0.2, 0) is 4.79 Å². The third kappa shape index (κ3) is 3.96. The van der Waals surface area contributed by atoms with Crippen molar-refractivity contribution in [2.45, 2.75) is 44.7 Å². The highest BCUT2D eigenvalue weighted by atomic mass is 16.5. The first-order valence-corrected chi connectivity index (χ1v) is 8.40. The van der Waals surface area contributed by atoms with Crippen molar-refractivity contribution in [3.05, 3.63) is 18.2 Å². The van der Waals surface area contributed by atoms with E-state index < -0.39 is 0 Å². The molecule has 1 aromatic carbocycles. The Labute approximate surface area is 137 Å². The molecule has 2 fully saturated rings. The monoisotopic (exact) mass is 318 g/mol. The highest BCUT2D eigenvalue weighted by Crippen LogP contribution is 2.39. The maximum absolute atomic E-state index is 12.5. The largest absolute Gasteiger partial charge is 0.497 e. The lowest BCUT2D eigenvalue weighted by Gasteiger charge is -2.28. The van der Waals surface area contributed by atoms with E-state index >= 15 is 0 Å². The second-order valence-corrected chi connectivity index (χ2v) is 6.60. The summed E-state index contributed by atoms with van der Waals surface area (Å²) in [6.07, 6.45) is 5.03. The van der Waals surface area contributed by atoms with Crippen molar-refractivity contribution < 1.29 is 14.3 Å². The lowest BCUT2D eigenvalue weighted by atomic mass is 10.1. The summed E-state index contributed by atoms with van der Waals surface area (Å²) in [5.74, 6) is 2.13. The molecule has 126 valence electrons. The first-order chi connectivity index (χ1) is 11.1. The summed E-state index contributed by atoms with van der Waals surface area (Å²) in [6.45, 7) is 2.71. The van der Waals surface area contributed by atoms with Crippen LogP contribution < -0.4 is 14.8 Å². The second kappa shape index (κ2) is 6.79. The molecule has 3 rings (SSSR count). The molecule has 0 heterocycles. The number of benzene rings is 1. The summed E-state index contributed by atoms with van der Waals surface area (Å²) in [7, 11) is 3.21. The maximum Gasteiger partial charge on any atom is 0.238 e. The quantitative estimate of drug-likeness (QED) is 0.801. The fraction of sp³-hybridized carbons (Fsp3) is 0.611. The van der Waals surface area contributed by atoms with E-state index in [0.717, 1.165) is 5.92 Å². The molecular formula is C18H26N2O3. The molecule has 5 nitrogen and oxygen atoms in total. The van der Waals surface area contributed by atoms with Crippen LogP contribution in [0.15, 0.2) is 18.2 Å². The van der Waals surface area contributed by atoms with E-state index in [4.69, 9.17) is 9.47 Å². The minimum Gasteiger partial charge on any atom is -0.497 e. The van der Waals surface area contributed by atoms with Crippen LogP contribution in [0.25, 0.3) is 0 Å². The maximum atomic E-state index is 12.5. The van der Waals surface area contributed by atoms with Crippen LogP contribution in [0.3, 0.4) is 0 Å². The summed E-state index contributed by atoms with van der Waals surface area (Å²) in [6, 6.07) is 6.51. The predicted octanol–water partition coefficient (Wildman–Crippen LogP) is 2.91. The van der Waals surface area contributed by atoms with E-state index in [1.165, 1.54) is 25.7 Å². The Kier molecular flexibility index (Phi) is 4.76. The van der Waals surface area contributed by atoms with Gasteiger partial charge in [-0.3, -0.25) is 9.69 Å². The number of hydrogen-bond donors (Lipinski definition) is 1. The Hall–Kier alpha value is -1.75. The summed E-state index contributed by atoms with van der Waals surface area (Å²) in [4.78, 5) is 14.9. The minimum absolute atomic E-state index is 0.0101. The van der Waals surface area contributed by atoms with E-state index in [9.17, 15) is 4.79 Å². The van der Waals surface area contributed by atoms with Gasteiger partial charge in [-0.15, -0.1) is 0 Å². The molecule has 2 saturated carbocycles. The van der Waals surface area contributed by atoms with Crippen LogP contribution in [0.4, 0.5) is 5.69 Å². The molecule has 5 heteroatoms. The normalized spacial score (nSPS) is 18.6. The third-order valence-corrected chi connectivity index (χ3v) is 4.85. The van der Waals surface area contributed by atoms with Crippen LogP contribution in [-0.4, -0.2) is 43.7 Å². The van der Waals surface area contributed by atoms with Crippen LogP contribution >= 0.6 is 0 Å². The van der Waals surface area contributed by atoms with Crippen molar-refractivity contribution in [1.82, 2.24) is 4.90 Å². The van der Waals surface area contributed by atoms with Gasteiger partial charge in [-0.25, -0.2) is 0 Å². The van der Waals surface area contributed by atoms with Gasteiger partial charge in [0, 0.05) is 18.2 Å². The molecule has 1 unspecified atom stereocenters. The Morgan fingerprint density at radius 2 is 2.00 bits per heavy atom. The zero-order valence-electron chi connectivity index (χ0n) is 14.2. The Morgan fingerprint density at radius 3 is 2.57 bits per heavy atom. The second-order valence-electron chi connectivity index (χ2n) is 6.60. The van der Waals surface area contributed by atoms with E-state index in [2.05, 4.69) is 17.1 Å². The highest BCUT2D eigenvalue weighted by Gasteiger charge is 2.39. The molecule has 2 aliphatic carbocycles. The number of amides is 1. The zero-order valence-corrected chi connectivity index (χ0v) is 14.2. The molecule has 2 aliphatic rings. The molecule has 1 atom stereocenters. The summed E-state index contributed by atoms with van der Waals surface area (Å²) < 4.78 is 10.5. The number of nitrogens with one attached hydrogen (secondary N) is 1. The van der Waals surface area contributed by atoms with Gasteiger partial charge in [0.25, 0.3) is 0 Å². The average molecular weight is 318 g/mol. The number of nitrogens with zero attached hydrogens (tertiary/aromatic N) is 1. The fourth-order valence-electron chi connectivity index (χ4n) is 3.13. The number of rotatable bonds is 8. The topological polar surface area (TPSA) is 50.8 Å². The van der Waals surface area contributed by atoms with E-state index in [0.29, 0.717) is 35.8 Å². The first-order valence-electron chi connectivity index (χ1n) is 8.40. The molecule has 0 saturated heterocycles. The summed E-state index contributed by atoms with van der Waals surface area (Å²) in [5.41, 5.74) is 0.659. The third-order valence-electron chi connectivity index (χ3n) is 4.85. The average Bonchev–Trinajstić information content (AvgIpc) is 3.43. The van der Waals surface area contributed by atoms with Crippen LogP contribution in [0.1, 0.15) is 32.6 Å². The van der Waals surface area contributed by atoms with Gasteiger partial charge >= 0.3 is 0 Å². The molecule has 0 radical (unpaired) electrons. The van der Waals surface area contributed by atoms with Gasteiger partial charge in [-0.05, 0) is 50.7 Å². The van der Waals surface area contributed by atoms with Crippen molar-refractivity contribution >= 4 is 11.6 Å². The summed E-state index contributed by atoms with van der Waals surface area (Å²) in [5, 5.41) is 2.98. The number of anilines is 1. The molecule has 0 bridgehead atoms. The van der Waals surface area contributed by atoms with Crippen LogP contribution in [0.5, 0.6) is 11.5 Å². The van der Waals surface area contributed by atoms with E-state index in [1.54, 1.807) is 26.4 Å². The number of ether oxygens (including phenoxy) is 2. The van der Waals surface area contributed by atoms with E-state index in [-0.39, 0.29) is 5.91 Å². The summed E-state index contributed by atoms with van der Waals surface area (Å²) >= 11 is 0. The number of carbonyl (C=O) groups is 1. The number of carbonyl (C=O) groups excluding carboxylic acids is 1. The van der Waals surface area contributed by atoms with Gasteiger partial charge < -0.3 is 14.8 Å². The molecule has 0 aromatic heterocycles. The van der Waals surface area contributed by atoms with Crippen molar-refractivity contribution in [2.24, 2.45) is 5.92 Å². The standard InChI is InChI=1S/C18H26N2O3/c1-12(13-4-5-13)20(14-6-7-14)11-18(21)19-16-10-15(22-2)8-9-17(16)23-3/h8-10,12-14H,4-7,11H2,1-3H3,(H,19,21). The van der Waals surface area contributed by atoms with Gasteiger partial charge in [0.2, 0.25) is 5.91 Å². The van der Waals surface area contributed by atoms with Crippen molar-refractivity contribution in [3.63, 3.8) is 0 Å². The van der Waals surface area contributed by atoms with Crippen molar-refractivity contribution in [3.8, 4) is 11.5 Å². The van der Waals surface area contributed by atoms with Gasteiger partial charge in [-0.1, -0.05) is 0 Å². The Bertz CT molecular complexity index is 567. The fourth-order valence-corrected chi connectivity index (χ4v) is 3.13. The number of hydrogen-bond acceptors (Lipinski definition) is 4. The first kappa shape index (κ1) is 16.1. The Balaban J connectivity index is 1.66. The van der Waals surface area contributed by atoms with Crippen LogP contribution in [0.2, 0.25) is 0 Å². The SMILES string of the molecule is COc1ccc(OC)c(NC(=O)CN(C2CC2)C(C)C2CC2)c1. The molecular weight excluding hydrogens is 292 g/mol. The molecule has 0 spiro atoms. The van der Waals surface area contributed by atoms with Gasteiger partial charge in [0.15, 0.2) is 0 Å². The van der Waals surface area contributed by atoms with Crippen molar-refractivity contribution in [1.29, 1.82) is 0 Å². The van der Waals surface area contributed by atoms with Gasteiger partial charge in [0.05, 0.1) is 26.5 Å². The molecule has 1 aromatic rings. The number of methoxy groups -OCH3 is 2. The smallest absolute Gasteiger partial charge is 0.238 e. The molecule has 1 N–H and O–H groups in total. The highest BCUT2D eigenvalue weighted by molar-refractivity contribution is 5.94. The predicted molar refractivity (Wildman–Crippen MR) is 90.1 cm³/mol.